The molecule has 26 heavy (non-hydrogen) atoms. The molecule has 0 radical (unpaired) electrons. The van der Waals surface area contributed by atoms with Gasteiger partial charge in [-0.15, -0.1) is 24.8 Å². The van der Waals surface area contributed by atoms with Gasteiger partial charge in [0.1, 0.15) is 5.54 Å². The Labute approximate surface area is 170 Å². The lowest BCUT2D eigenvalue weighted by atomic mass is 9.90. The van der Waals surface area contributed by atoms with Crippen molar-refractivity contribution in [1.29, 1.82) is 0 Å². The highest BCUT2D eigenvalue weighted by molar-refractivity contribution is 5.87. The quantitative estimate of drug-likeness (QED) is 0.809. The van der Waals surface area contributed by atoms with E-state index in [0.29, 0.717) is 0 Å². The second-order valence-corrected chi connectivity index (χ2v) is 7.64. The Morgan fingerprint density at radius 2 is 1.62 bits per heavy atom. The maximum atomic E-state index is 12.7. The average molecular weight is 402 g/mol. The zero-order valence-electron chi connectivity index (χ0n) is 15.7. The molecule has 1 heterocycles. The van der Waals surface area contributed by atoms with E-state index in [4.69, 9.17) is 5.73 Å². The molecular weight excluding hydrogens is 369 g/mol. The molecule has 0 spiro atoms. The lowest BCUT2D eigenvalue weighted by Crippen LogP contribution is -2.55. The number of nitrogens with two attached hydrogens (primary N) is 1. The Balaban J connectivity index is 0.00000169. The largest absolute Gasteiger partial charge is 0.351 e. The Hall–Kier alpha value is -0.810. The molecule has 6 heteroatoms. The Morgan fingerprint density at radius 3 is 2.19 bits per heavy atom. The van der Waals surface area contributed by atoms with E-state index in [-0.39, 0.29) is 36.8 Å². The molecule has 3 rings (SSSR count). The zero-order valence-corrected chi connectivity index (χ0v) is 17.3. The van der Waals surface area contributed by atoms with Crippen LogP contribution in [0.1, 0.15) is 57.4 Å². The van der Waals surface area contributed by atoms with E-state index in [1.165, 1.54) is 32.1 Å². The molecule has 1 saturated carbocycles. The van der Waals surface area contributed by atoms with E-state index in [1.807, 2.05) is 30.3 Å². The van der Waals surface area contributed by atoms with Crippen molar-refractivity contribution in [3.63, 3.8) is 0 Å². The second-order valence-electron chi connectivity index (χ2n) is 7.64. The van der Waals surface area contributed by atoms with Crippen LogP contribution in [0.3, 0.4) is 0 Å². The summed E-state index contributed by atoms with van der Waals surface area (Å²) in [5.41, 5.74) is 6.21. The van der Waals surface area contributed by atoms with Gasteiger partial charge in [0, 0.05) is 25.2 Å². The van der Waals surface area contributed by atoms with Crippen LogP contribution >= 0.6 is 24.8 Å². The molecule has 1 amide bonds. The Bertz CT molecular complexity index is 539. The van der Waals surface area contributed by atoms with Crippen LogP contribution in [0.2, 0.25) is 0 Å². The number of amides is 1. The van der Waals surface area contributed by atoms with Crippen molar-refractivity contribution in [2.75, 3.05) is 13.1 Å². The highest BCUT2D eigenvalue weighted by atomic mass is 35.5. The minimum atomic E-state index is -0.970. The number of hydrogen-bond donors (Lipinski definition) is 2. The summed E-state index contributed by atoms with van der Waals surface area (Å²) in [6.07, 6.45) is 8.93. The summed E-state index contributed by atoms with van der Waals surface area (Å²) < 4.78 is 0. The minimum Gasteiger partial charge on any atom is -0.351 e. The number of likely N-dealkylation sites (tertiary alicyclic amines) is 1. The summed E-state index contributed by atoms with van der Waals surface area (Å²) in [6, 6.07) is 10.7. The molecule has 4 nitrogen and oxygen atoms in total. The molecule has 2 aliphatic rings. The van der Waals surface area contributed by atoms with Crippen molar-refractivity contribution in [2.45, 2.75) is 69.5 Å². The maximum absolute atomic E-state index is 12.7. The molecule has 1 unspecified atom stereocenters. The summed E-state index contributed by atoms with van der Waals surface area (Å²) in [6.45, 7) is 4.00. The summed E-state index contributed by atoms with van der Waals surface area (Å²) >= 11 is 0. The van der Waals surface area contributed by atoms with Crippen molar-refractivity contribution in [3.8, 4) is 0 Å². The molecule has 0 bridgehead atoms. The lowest BCUT2D eigenvalue weighted by Gasteiger charge is -2.40. The lowest BCUT2D eigenvalue weighted by molar-refractivity contribution is -0.127. The van der Waals surface area contributed by atoms with Gasteiger partial charge in [-0.3, -0.25) is 4.79 Å². The van der Waals surface area contributed by atoms with E-state index in [2.05, 4.69) is 10.2 Å². The Kier molecular flexibility index (Phi) is 9.39. The third kappa shape index (κ3) is 5.59. The van der Waals surface area contributed by atoms with Crippen molar-refractivity contribution >= 4 is 30.7 Å². The molecule has 0 aromatic heterocycles. The van der Waals surface area contributed by atoms with E-state index in [9.17, 15) is 4.79 Å². The number of nitrogens with zero attached hydrogens (tertiary/aromatic N) is 1. The molecule has 1 aliphatic heterocycles. The first-order valence-electron chi connectivity index (χ1n) is 9.47. The number of carbonyl (C=O) groups excluding carboxylic acids is 1. The van der Waals surface area contributed by atoms with Crippen LogP contribution in [0, 0.1) is 0 Å². The summed E-state index contributed by atoms with van der Waals surface area (Å²) in [4.78, 5) is 15.3. The van der Waals surface area contributed by atoms with Crippen molar-refractivity contribution < 1.29 is 4.79 Å². The molecular formula is C20H33Cl2N3O. The number of halogens is 2. The van der Waals surface area contributed by atoms with Crippen LogP contribution in [0.25, 0.3) is 0 Å². The standard InChI is InChI=1S/C20H31N3O.2ClH/c1-20(21,16-8-4-2-5-9-16)19(24)22-17-12-14-23(15-13-17)18-10-6-3-7-11-18;;/h2,4-5,8-9,17-18H,3,6-7,10-15,21H2,1H3,(H,22,24);2*1H. The molecule has 1 aromatic rings. The molecule has 1 aliphatic carbocycles. The molecule has 1 atom stereocenters. The summed E-state index contributed by atoms with van der Waals surface area (Å²) in [7, 11) is 0. The maximum Gasteiger partial charge on any atom is 0.244 e. The first-order valence-corrected chi connectivity index (χ1v) is 9.47. The smallest absolute Gasteiger partial charge is 0.244 e. The van der Waals surface area contributed by atoms with Crippen LogP contribution < -0.4 is 11.1 Å². The minimum absolute atomic E-state index is 0. The van der Waals surface area contributed by atoms with Crippen LogP contribution in [-0.2, 0) is 10.3 Å². The van der Waals surface area contributed by atoms with Gasteiger partial charge in [-0.2, -0.15) is 0 Å². The number of piperidine rings is 1. The van der Waals surface area contributed by atoms with Gasteiger partial charge in [0.25, 0.3) is 0 Å². The van der Waals surface area contributed by atoms with Gasteiger partial charge < -0.3 is 16.0 Å². The van der Waals surface area contributed by atoms with Gasteiger partial charge in [0.2, 0.25) is 5.91 Å². The Morgan fingerprint density at radius 1 is 1.04 bits per heavy atom. The van der Waals surface area contributed by atoms with Crippen LogP contribution in [0.15, 0.2) is 30.3 Å². The summed E-state index contributed by atoms with van der Waals surface area (Å²) in [5, 5.41) is 3.19. The monoisotopic (exact) mass is 401 g/mol. The fourth-order valence-corrected chi connectivity index (χ4v) is 4.11. The highest BCUT2D eigenvalue weighted by Gasteiger charge is 2.33. The van der Waals surface area contributed by atoms with Gasteiger partial charge in [-0.25, -0.2) is 0 Å². The third-order valence-electron chi connectivity index (χ3n) is 5.80. The third-order valence-corrected chi connectivity index (χ3v) is 5.80. The van der Waals surface area contributed by atoms with Crippen LogP contribution in [-0.4, -0.2) is 36.0 Å². The van der Waals surface area contributed by atoms with Crippen molar-refractivity contribution in [2.24, 2.45) is 5.73 Å². The topological polar surface area (TPSA) is 58.4 Å². The van der Waals surface area contributed by atoms with Gasteiger partial charge >= 0.3 is 0 Å². The molecule has 2 fully saturated rings. The molecule has 1 aromatic carbocycles. The number of carbonyl (C=O) groups is 1. The predicted molar refractivity (Wildman–Crippen MR) is 112 cm³/mol. The van der Waals surface area contributed by atoms with Crippen molar-refractivity contribution in [1.82, 2.24) is 10.2 Å². The normalized spacial score (nSPS) is 21.8. The summed E-state index contributed by atoms with van der Waals surface area (Å²) in [5.74, 6) is -0.0650. The van der Waals surface area contributed by atoms with Crippen molar-refractivity contribution in [3.05, 3.63) is 35.9 Å². The first-order chi connectivity index (χ1) is 11.6. The second kappa shape index (κ2) is 10.5. The zero-order chi connectivity index (χ0) is 17.0. The van der Waals surface area contributed by atoms with Gasteiger partial charge in [-0.05, 0) is 38.2 Å². The first kappa shape index (κ1) is 23.2. The van der Waals surface area contributed by atoms with Crippen LogP contribution in [0.4, 0.5) is 0 Å². The molecule has 1 saturated heterocycles. The fourth-order valence-electron chi connectivity index (χ4n) is 4.11. The SMILES string of the molecule is CC(N)(C(=O)NC1CCN(C2CCCCC2)CC1)c1ccccc1.Cl.Cl. The number of benzene rings is 1. The van der Waals surface area contributed by atoms with Gasteiger partial charge in [0.15, 0.2) is 0 Å². The van der Waals surface area contributed by atoms with E-state index in [0.717, 1.165) is 37.5 Å². The van der Waals surface area contributed by atoms with Gasteiger partial charge in [-0.1, -0.05) is 49.6 Å². The average Bonchev–Trinajstić information content (AvgIpc) is 2.64. The van der Waals surface area contributed by atoms with E-state index < -0.39 is 5.54 Å². The number of hydrogen-bond acceptors (Lipinski definition) is 3. The van der Waals surface area contributed by atoms with E-state index in [1.54, 1.807) is 6.92 Å². The molecule has 148 valence electrons. The van der Waals surface area contributed by atoms with Crippen LogP contribution in [0.5, 0.6) is 0 Å². The van der Waals surface area contributed by atoms with E-state index >= 15 is 0 Å². The number of rotatable bonds is 4. The molecule has 3 N–H and O–H groups in total. The highest BCUT2D eigenvalue weighted by Crippen LogP contribution is 2.26. The fraction of sp³-hybridized carbons (Fsp3) is 0.650. The van der Waals surface area contributed by atoms with Gasteiger partial charge in [0.05, 0.1) is 0 Å². The number of nitrogens with one attached hydrogen (secondary N) is 1. The predicted octanol–water partition coefficient (Wildman–Crippen LogP) is 3.62.